The fourth-order valence-corrected chi connectivity index (χ4v) is 2.13. The molecule has 0 saturated carbocycles. The summed E-state index contributed by atoms with van der Waals surface area (Å²) in [5.41, 5.74) is 4.51. The first kappa shape index (κ1) is 13.2. The number of benzene rings is 1. The van der Waals surface area contributed by atoms with Gasteiger partial charge >= 0.3 is 0 Å². The van der Waals surface area contributed by atoms with Crippen LogP contribution in [-0.2, 0) is 12.0 Å². The van der Waals surface area contributed by atoms with Crippen molar-refractivity contribution in [1.29, 1.82) is 0 Å². The van der Waals surface area contributed by atoms with Crippen molar-refractivity contribution in [2.45, 2.75) is 46.1 Å². The lowest BCUT2D eigenvalue weighted by molar-refractivity contribution is 0.196. The standard InChI is InChI=1S/C15H25N/c1-7-9-13-10-8-11-14(12(13)2)15(3,4)16(5)6/h8,10-11H,7,9H2,1-6H3. The molecule has 0 amide bonds. The van der Waals surface area contributed by atoms with Crippen LogP contribution in [0.15, 0.2) is 18.2 Å². The molecule has 1 aromatic rings. The quantitative estimate of drug-likeness (QED) is 0.745. The second-order valence-corrected chi connectivity index (χ2v) is 5.29. The summed E-state index contributed by atoms with van der Waals surface area (Å²) in [6.45, 7) is 9.06. The van der Waals surface area contributed by atoms with Gasteiger partial charge in [-0.05, 0) is 58.0 Å². The average Bonchev–Trinajstić information content (AvgIpc) is 2.21. The Hall–Kier alpha value is -0.820. The minimum atomic E-state index is 0.105. The highest BCUT2D eigenvalue weighted by atomic mass is 15.1. The highest BCUT2D eigenvalue weighted by Crippen LogP contribution is 2.30. The van der Waals surface area contributed by atoms with Crippen LogP contribution in [0.4, 0.5) is 0 Å². The molecular weight excluding hydrogens is 194 g/mol. The second-order valence-electron chi connectivity index (χ2n) is 5.29. The molecule has 0 unspecified atom stereocenters. The maximum atomic E-state index is 2.28. The van der Waals surface area contributed by atoms with E-state index in [4.69, 9.17) is 0 Å². The lowest BCUT2D eigenvalue weighted by atomic mass is 9.86. The average molecular weight is 219 g/mol. The van der Waals surface area contributed by atoms with E-state index in [0.29, 0.717) is 0 Å². The first-order chi connectivity index (χ1) is 7.41. The molecule has 1 aromatic carbocycles. The predicted octanol–water partition coefficient (Wildman–Crippen LogP) is 3.74. The molecule has 0 aliphatic heterocycles. The van der Waals surface area contributed by atoms with Crippen LogP contribution in [0.1, 0.15) is 43.9 Å². The molecule has 0 saturated heterocycles. The molecule has 0 spiro atoms. The molecule has 0 atom stereocenters. The topological polar surface area (TPSA) is 3.24 Å². The van der Waals surface area contributed by atoms with E-state index >= 15 is 0 Å². The van der Waals surface area contributed by atoms with E-state index in [1.807, 2.05) is 0 Å². The van der Waals surface area contributed by atoms with Crippen molar-refractivity contribution in [2.24, 2.45) is 0 Å². The molecule has 0 aliphatic carbocycles. The molecule has 0 radical (unpaired) electrons. The summed E-state index contributed by atoms with van der Waals surface area (Å²) >= 11 is 0. The van der Waals surface area contributed by atoms with Crippen LogP contribution in [0.3, 0.4) is 0 Å². The van der Waals surface area contributed by atoms with Gasteiger partial charge in [0.2, 0.25) is 0 Å². The monoisotopic (exact) mass is 219 g/mol. The maximum Gasteiger partial charge on any atom is 0.0401 e. The van der Waals surface area contributed by atoms with Crippen molar-refractivity contribution < 1.29 is 0 Å². The zero-order valence-electron chi connectivity index (χ0n) is 11.6. The molecule has 1 rings (SSSR count). The largest absolute Gasteiger partial charge is 0.300 e. The molecule has 0 aromatic heterocycles. The van der Waals surface area contributed by atoms with Crippen LogP contribution >= 0.6 is 0 Å². The lowest BCUT2D eigenvalue weighted by Gasteiger charge is -2.35. The zero-order valence-corrected chi connectivity index (χ0v) is 11.6. The van der Waals surface area contributed by atoms with Crippen molar-refractivity contribution in [3.63, 3.8) is 0 Å². The van der Waals surface area contributed by atoms with Crippen LogP contribution in [0.5, 0.6) is 0 Å². The van der Waals surface area contributed by atoms with Gasteiger partial charge in [0, 0.05) is 5.54 Å². The minimum absolute atomic E-state index is 0.105. The van der Waals surface area contributed by atoms with E-state index in [2.05, 4.69) is 64.9 Å². The Labute approximate surface area is 100 Å². The third-order valence-electron chi connectivity index (χ3n) is 3.74. The van der Waals surface area contributed by atoms with Crippen molar-refractivity contribution in [1.82, 2.24) is 4.90 Å². The number of rotatable bonds is 4. The Kier molecular flexibility index (Phi) is 4.15. The number of nitrogens with zero attached hydrogens (tertiary/aromatic N) is 1. The summed E-state index contributed by atoms with van der Waals surface area (Å²) in [5, 5.41) is 0. The Bertz CT molecular complexity index is 350. The van der Waals surface area contributed by atoms with Gasteiger partial charge in [-0.25, -0.2) is 0 Å². The van der Waals surface area contributed by atoms with Crippen molar-refractivity contribution in [3.8, 4) is 0 Å². The molecule has 0 bridgehead atoms. The summed E-state index contributed by atoms with van der Waals surface area (Å²) in [6, 6.07) is 6.71. The van der Waals surface area contributed by atoms with Crippen LogP contribution in [0.2, 0.25) is 0 Å². The van der Waals surface area contributed by atoms with Crippen LogP contribution in [0, 0.1) is 6.92 Å². The Balaban J connectivity index is 3.20. The summed E-state index contributed by atoms with van der Waals surface area (Å²) < 4.78 is 0. The Morgan fingerprint density at radius 1 is 1.19 bits per heavy atom. The molecule has 0 fully saturated rings. The van der Waals surface area contributed by atoms with Gasteiger partial charge in [-0.1, -0.05) is 31.5 Å². The highest BCUT2D eigenvalue weighted by Gasteiger charge is 2.25. The van der Waals surface area contributed by atoms with Gasteiger partial charge in [-0.2, -0.15) is 0 Å². The highest BCUT2D eigenvalue weighted by molar-refractivity contribution is 5.38. The molecule has 0 heterocycles. The molecule has 0 N–H and O–H groups in total. The summed E-state index contributed by atoms with van der Waals surface area (Å²) in [7, 11) is 4.29. The third kappa shape index (κ3) is 2.46. The molecular formula is C15H25N. The minimum Gasteiger partial charge on any atom is -0.300 e. The van der Waals surface area contributed by atoms with E-state index in [1.54, 1.807) is 0 Å². The van der Waals surface area contributed by atoms with Gasteiger partial charge in [0.05, 0.1) is 0 Å². The van der Waals surface area contributed by atoms with E-state index in [1.165, 1.54) is 29.5 Å². The van der Waals surface area contributed by atoms with Crippen LogP contribution < -0.4 is 0 Å². The fraction of sp³-hybridized carbons (Fsp3) is 0.600. The molecule has 0 aliphatic rings. The first-order valence-electron chi connectivity index (χ1n) is 6.17. The molecule has 90 valence electrons. The normalized spacial score (nSPS) is 12.2. The maximum absolute atomic E-state index is 2.28. The number of aryl methyl sites for hydroxylation is 1. The summed E-state index contributed by atoms with van der Waals surface area (Å²) in [5.74, 6) is 0. The van der Waals surface area contributed by atoms with E-state index in [0.717, 1.165) is 0 Å². The van der Waals surface area contributed by atoms with E-state index < -0.39 is 0 Å². The Morgan fingerprint density at radius 3 is 2.31 bits per heavy atom. The van der Waals surface area contributed by atoms with Gasteiger partial charge in [-0.15, -0.1) is 0 Å². The summed E-state index contributed by atoms with van der Waals surface area (Å²) in [6.07, 6.45) is 2.40. The molecule has 1 heteroatoms. The van der Waals surface area contributed by atoms with E-state index in [-0.39, 0.29) is 5.54 Å². The van der Waals surface area contributed by atoms with E-state index in [9.17, 15) is 0 Å². The van der Waals surface area contributed by atoms with Gasteiger partial charge in [0.15, 0.2) is 0 Å². The van der Waals surface area contributed by atoms with Gasteiger partial charge in [-0.3, -0.25) is 0 Å². The first-order valence-corrected chi connectivity index (χ1v) is 6.17. The Morgan fingerprint density at radius 2 is 1.81 bits per heavy atom. The predicted molar refractivity (Wildman–Crippen MR) is 71.9 cm³/mol. The summed E-state index contributed by atoms with van der Waals surface area (Å²) in [4.78, 5) is 2.28. The van der Waals surface area contributed by atoms with Crippen molar-refractivity contribution in [2.75, 3.05) is 14.1 Å². The molecule has 16 heavy (non-hydrogen) atoms. The van der Waals surface area contributed by atoms with Crippen LogP contribution in [0.25, 0.3) is 0 Å². The zero-order chi connectivity index (χ0) is 12.3. The van der Waals surface area contributed by atoms with Crippen molar-refractivity contribution in [3.05, 3.63) is 34.9 Å². The van der Waals surface area contributed by atoms with Crippen LogP contribution in [-0.4, -0.2) is 19.0 Å². The second kappa shape index (κ2) is 5.01. The van der Waals surface area contributed by atoms with Crippen molar-refractivity contribution >= 4 is 0 Å². The third-order valence-corrected chi connectivity index (χ3v) is 3.74. The SMILES string of the molecule is CCCc1cccc(C(C)(C)N(C)C)c1C. The van der Waals surface area contributed by atoms with Gasteiger partial charge in [0.25, 0.3) is 0 Å². The van der Waals surface area contributed by atoms with Gasteiger partial charge in [0.1, 0.15) is 0 Å². The molecule has 1 nitrogen and oxygen atoms in total. The number of hydrogen-bond donors (Lipinski definition) is 0. The number of hydrogen-bond acceptors (Lipinski definition) is 1. The smallest absolute Gasteiger partial charge is 0.0401 e. The lowest BCUT2D eigenvalue weighted by Crippen LogP contribution is -2.36. The fourth-order valence-electron chi connectivity index (χ4n) is 2.13. The van der Waals surface area contributed by atoms with Gasteiger partial charge < -0.3 is 4.90 Å².